The van der Waals surface area contributed by atoms with Crippen molar-refractivity contribution in [2.24, 2.45) is 5.14 Å². The van der Waals surface area contributed by atoms with Crippen LogP contribution in [0.1, 0.15) is 18.1 Å². The Morgan fingerprint density at radius 2 is 2.00 bits per heavy atom. The van der Waals surface area contributed by atoms with Crippen LogP contribution < -0.4 is 10.0 Å². The van der Waals surface area contributed by atoms with Gasteiger partial charge in [0.05, 0.1) is 10.6 Å². The number of primary sulfonamides is 1. The van der Waals surface area contributed by atoms with Crippen molar-refractivity contribution in [2.75, 3.05) is 10.7 Å². The summed E-state index contributed by atoms with van der Waals surface area (Å²) in [5.74, 6) is 0.355. The molecule has 0 aromatic heterocycles. The molecule has 5 nitrogen and oxygen atoms in total. The lowest BCUT2D eigenvalue weighted by Crippen LogP contribution is -2.37. The van der Waals surface area contributed by atoms with Gasteiger partial charge in [-0.1, -0.05) is 18.2 Å². The van der Waals surface area contributed by atoms with E-state index in [1.165, 1.54) is 17.8 Å². The second kappa shape index (κ2) is 6.82. The highest BCUT2D eigenvalue weighted by Crippen LogP contribution is 2.34. The van der Waals surface area contributed by atoms with E-state index in [1.54, 1.807) is 17.0 Å². The Hall–Kier alpha value is -1.83. The van der Waals surface area contributed by atoms with Gasteiger partial charge in [-0.25, -0.2) is 13.6 Å². The van der Waals surface area contributed by atoms with E-state index in [0.717, 1.165) is 21.7 Å². The number of carbonyl (C=O) groups is 1. The zero-order valence-corrected chi connectivity index (χ0v) is 15.7. The summed E-state index contributed by atoms with van der Waals surface area (Å²) in [5.41, 5.74) is 2.76. The molecule has 1 atom stereocenters. The molecular formula is C18H20N2O3S2. The molecule has 1 amide bonds. The fraction of sp³-hybridized carbons (Fsp3) is 0.278. The topological polar surface area (TPSA) is 80.5 Å². The number of anilines is 1. The molecule has 3 rings (SSSR count). The number of amides is 1. The Bertz CT molecular complexity index is 926. The van der Waals surface area contributed by atoms with E-state index in [-0.39, 0.29) is 16.8 Å². The Labute approximate surface area is 152 Å². The lowest BCUT2D eigenvalue weighted by Gasteiger charge is -2.22. The monoisotopic (exact) mass is 376 g/mol. The van der Waals surface area contributed by atoms with Gasteiger partial charge in [0.2, 0.25) is 15.9 Å². The third-order valence-corrected chi connectivity index (χ3v) is 6.38. The number of aryl methyl sites for hydroxylation is 1. The van der Waals surface area contributed by atoms with Gasteiger partial charge in [-0.15, -0.1) is 11.8 Å². The van der Waals surface area contributed by atoms with Crippen LogP contribution in [0.2, 0.25) is 0 Å². The molecule has 1 aliphatic rings. The van der Waals surface area contributed by atoms with Gasteiger partial charge in [0.1, 0.15) is 0 Å². The molecule has 1 aliphatic heterocycles. The maximum atomic E-state index is 12.7. The zero-order valence-electron chi connectivity index (χ0n) is 14.1. The summed E-state index contributed by atoms with van der Waals surface area (Å²) in [6.45, 7) is 3.99. The lowest BCUT2D eigenvalue weighted by molar-refractivity contribution is -0.116. The number of thioether (sulfide) groups is 1. The van der Waals surface area contributed by atoms with Gasteiger partial charge >= 0.3 is 0 Å². The van der Waals surface area contributed by atoms with Gasteiger partial charge in [-0.3, -0.25) is 4.79 Å². The highest BCUT2D eigenvalue weighted by atomic mass is 32.2. The predicted octanol–water partition coefficient (Wildman–Crippen LogP) is 2.71. The minimum Gasteiger partial charge on any atom is -0.308 e. The predicted molar refractivity (Wildman–Crippen MR) is 100 cm³/mol. The number of rotatable bonds is 4. The Balaban J connectivity index is 1.80. The van der Waals surface area contributed by atoms with Gasteiger partial charge in [0.25, 0.3) is 0 Å². The van der Waals surface area contributed by atoms with E-state index < -0.39 is 10.0 Å². The largest absolute Gasteiger partial charge is 0.308 e. The van der Waals surface area contributed by atoms with E-state index in [4.69, 9.17) is 5.14 Å². The summed E-state index contributed by atoms with van der Waals surface area (Å²) in [6.07, 6.45) is 0.624. The SMILES string of the molecule is Cc1ccccc1SCC(=O)N1c2ccc(S(N)(=O)=O)cc2CC1C. The number of sulfonamides is 1. The first-order chi connectivity index (χ1) is 11.8. The summed E-state index contributed by atoms with van der Waals surface area (Å²) in [4.78, 5) is 15.7. The number of nitrogens with two attached hydrogens (primary N) is 1. The van der Waals surface area contributed by atoms with Gasteiger partial charge < -0.3 is 4.90 Å². The average molecular weight is 377 g/mol. The maximum absolute atomic E-state index is 12.7. The average Bonchev–Trinajstić information content (AvgIpc) is 2.88. The Morgan fingerprint density at radius 1 is 1.28 bits per heavy atom. The van der Waals surface area contributed by atoms with E-state index in [0.29, 0.717) is 12.2 Å². The molecule has 0 spiro atoms. The normalized spacial score (nSPS) is 16.8. The number of benzene rings is 2. The Kier molecular flexibility index (Phi) is 4.90. The van der Waals surface area contributed by atoms with Crippen LogP contribution in [0.5, 0.6) is 0 Å². The van der Waals surface area contributed by atoms with Crippen LogP contribution in [-0.4, -0.2) is 26.1 Å². The molecule has 1 heterocycles. The second-order valence-electron chi connectivity index (χ2n) is 6.21. The molecule has 0 aliphatic carbocycles. The summed E-state index contributed by atoms with van der Waals surface area (Å²) in [7, 11) is -3.74. The molecule has 25 heavy (non-hydrogen) atoms. The van der Waals surface area contributed by atoms with Crippen molar-refractivity contribution in [3.05, 3.63) is 53.6 Å². The molecule has 0 saturated heterocycles. The van der Waals surface area contributed by atoms with Gasteiger partial charge in [0, 0.05) is 16.6 Å². The molecule has 132 valence electrons. The fourth-order valence-corrected chi connectivity index (χ4v) is 4.54. The Morgan fingerprint density at radius 3 is 2.68 bits per heavy atom. The van der Waals surface area contributed by atoms with Crippen LogP contribution in [0, 0.1) is 6.92 Å². The van der Waals surface area contributed by atoms with Crippen LogP contribution in [0.4, 0.5) is 5.69 Å². The van der Waals surface area contributed by atoms with Gasteiger partial charge in [-0.05, 0) is 55.7 Å². The molecule has 1 unspecified atom stereocenters. The lowest BCUT2D eigenvalue weighted by atomic mass is 10.1. The molecule has 2 N–H and O–H groups in total. The van der Waals surface area contributed by atoms with Crippen molar-refractivity contribution in [1.29, 1.82) is 0 Å². The van der Waals surface area contributed by atoms with Crippen molar-refractivity contribution in [1.82, 2.24) is 0 Å². The van der Waals surface area contributed by atoms with Crippen molar-refractivity contribution in [3.8, 4) is 0 Å². The third-order valence-electron chi connectivity index (χ3n) is 4.31. The zero-order chi connectivity index (χ0) is 18.2. The van der Waals surface area contributed by atoms with Crippen molar-refractivity contribution >= 4 is 33.4 Å². The molecule has 0 bridgehead atoms. The van der Waals surface area contributed by atoms with Crippen LogP contribution in [-0.2, 0) is 21.2 Å². The number of carbonyl (C=O) groups excluding carboxylic acids is 1. The number of nitrogens with zero attached hydrogens (tertiary/aromatic N) is 1. The van der Waals surface area contributed by atoms with Crippen LogP contribution >= 0.6 is 11.8 Å². The molecule has 0 radical (unpaired) electrons. The van der Waals surface area contributed by atoms with Crippen molar-refractivity contribution in [3.63, 3.8) is 0 Å². The van der Waals surface area contributed by atoms with Crippen LogP contribution in [0.15, 0.2) is 52.3 Å². The van der Waals surface area contributed by atoms with E-state index >= 15 is 0 Å². The summed E-state index contributed by atoms with van der Waals surface area (Å²) in [5, 5.41) is 5.19. The van der Waals surface area contributed by atoms with Crippen LogP contribution in [0.3, 0.4) is 0 Å². The quantitative estimate of drug-likeness (QED) is 0.832. The van der Waals surface area contributed by atoms with E-state index in [2.05, 4.69) is 0 Å². The summed E-state index contributed by atoms with van der Waals surface area (Å²) < 4.78 is 23.0. The smallest absolute Gasteiger partial charge is 0.238 e. The minimum atomic E-state index is -3.74. The molecule has 0 saturated carbocycles. The van der Waals surface area contributed by atoms with Gasteiger partial charge in [0.15, 0.2) is 0 Å². The molecule has 7 heteroatoms. The van der Waals surface area contributed by atoms with Gasteiger partial charge in [-0.2, -0.15) is 0 Å². The highest BCUT2D eigenvalue weighted by Gasteiger charge is 2.31. The first-order valence-electron chi connectivity index (χ1n) is 7.93. The molecular weight excluding hydrogens is 356 g/mol. The number of fused-ring (bicyclic) bond motifs is 1. The van der Waals surface area contributed by atoms with Crippen molar-refractivity contribution < 1.29 is 13.2 Å². The van der Waals surface area contributed by atoms with Crippen molar-refractivity contribution in [2.45, 2.75) is 36.1 Å². The standard InChI is InChI=1S/C18H20N2O3S2/c1-12-5-3-4-6-17(12)24-11-18(21)20-13(2)9-14-10-15(25(19,22)23)7-8-16(14)20/h3-8,10,13H,9,11H2,1-2H3,(H2,19,22,23). The van der Waals surface area contributed by atoms with E-state index in [1.807, 2.05) is 38.1 Å². The third kappa shape index (κ3) is 3.73. The molecule has 2 aromatic rings. The summed E-state index contributed by atoms with van der Waals surface area (Å²) >= 11 is 1.52. The van der Waals surface area contributed by atoms with E-state index in [9.17, 15) is 13.2 Å². The fourth-order valence-electron chi connectivity index (χ4n) is 3.09. The molecule has 0 fully saturated rings. The minimum absolute atomic E-state index is 0.00398. The van der Waals surface area contributed by atoms with Crippen LogP contribution in [0.25, 0.3) is 0 Å². The maximum Gasteiger partial charge on any atom is 0.238 e. The highest BCUT2D eigenvalue weighted by molar-refractivity contribution is 8.00. The summed E-state index contributed by atoms with van der Waals surface area (Å²) in [6, 6.07) is 12.7. The first-order valence-corrected chi connectivity index (χ1v) is 10.5. The molecule has 2 aromatic carbocycles. The second-order valence-corrected chi connectivity index (χ2v) is 8.79. The first kappa shape index (κ1) is 18.0. The number of hydrogen-bond acceptors (Lipinski definition) is 4. The number of hydrogen-bond donors (Lipinski definition) is 1.